The average molecular weight is 209 g/mol. The van der Waals surface area contributed by atoms with Gasteiger partial charge in [0.15, 0.2) is 0 Å². The van der Waals surface area contributed by atoms with Gasteiger partial charge in [-0.05, 0) is 17.7 Å². The second-order valence-electron chi connectivity index (χ2n) is 3.12. The van der Waals surface area contributed by atoms with Crippen molar-refractivity contribution in [3.8, 4) is 0 Å². The molecule has 82 valence electrons. The molecule has 1 aromatic rings. The maximum Gasteiger partial charge on any atom is 0.0874 e. The fourth-order valence-electron chi connectivity index (χ4n) is 0.985. The minimum Gasteiger partial charge on any atom is -0.394 e. The van der Waals surface area contributed by atoms with Crippen LogP contribution in [0.2, 0.25) is 0 Å². The zero-order valence-electron chi connectivity index (χ0n) is 8.67. The zero-order valence-corrected chi connectivity index (χ0v) is 8.67. The molecule has 0 aliphatic heterocycles. The van der Waals surface area contributed by atoms with Crippen LogP contribution in [0.4, 0.5) is 5.69 Å². The molecule has 0 heterocycles. The summed E-state index contributed by atoms with van der Waals surface area (Å²) in [4.78, 5) is 0. The first-order chi connectivity index (χ1) is 7.26. The summed E-state index contributed by atoms with van der Waals surface area (Å²) in [6, 6.07) is 7.14. The lowest BCUT2D eigenvalue weighted by atomic mass is 10.2. The van der Waals surface area contributed by atoms with Crippen LogP contribution in [0.1, 0.15) is 5.56 Å². The largest absolute Gasteiger partial charge is 0.394 e. The van der Waals surface area contributed by atoms with E-state index in [2.05, 4.69) is 10.3 Å². The topological polar surface area (TPSA) is 68.4 Å². The molecule has 2 N–H and O–H groups in total. The molecular formula is C10H15N3O2. The number of rotatable bonds is 5. The monoisotopic (exact) mass is 209 g/mol. The summed E-state index contributed by atoms with van der Waals surface area (Å²) in [5.74, 6) is 0. The van der Waals surface area contributed by atoms with Crippen LogP contribution in [-0.2, 0) is 6.61 Å². The lowest BCUT2D eigenvalue weighted by Gasteiger charge is -2.07. The van der Waals surface area contributed by atoms with Crippen LogP contribution in [0.15, 0.2) is 34.6 Å². The second kappa shape index (κ2) is 6.10. The molecule has 15 heavy (non-hydrogen) atoms. The van der Waals surface area contributed by atoms with E-state index in [4.69, 9.17) is 10.2 Å². The third-order valence-corrected chi connectivity index (χ3v) is 1.86. The third-order valence-electron chi connectivity index (χ3n) is 1.86. The standard InChI is InChI=1S/C10H15N3O2/c1-13(6-7-14)12-11-10-4-2-9(8-15)3-5-10/h2-5,14-15H,6-8H2,1H3. The van der Waals surface area contributed by atoms with Gasteiger partial charge in [-0.2, -0.15) is 0 Å². The Morgan fingerprint density at radius 1 is 1.20 bits per heavy atom. The first-order valence-electron chi connectivity index (χ1n) is 4.69. The van der Waals surface area contributed by atoms with Gasteiger partial charge in [0.1, 0.15) is 0 Å². The van der Waals surface area contributed by atoms with Crippen LogP contribution in [0.3, 0.4) is 0 Å². The predicted molar refractivity (Wildman–Crippen MR) is 56.6 cm³/mol. The van der Waals surface area contributed by atoms with E-state index in [1.165, 1.54) is 0 Å². The van der Waals surface area contributed by atoms with Gasteiger partial charge in [0.25, 0.3) is 0 Å². The Hall–Kier alpha value is -1.46. The maximum atomic E-state index is 8.83. The van der Waals surface area contributed by atoms with Gasteiger partial charge in [-0.3, -0.25) is 5.01 Å². The summed E-state index contributed by atoms with van der Waals surface area (Å²) in [6.07, 6.45) is 0. The minimum absolute atomic E-state index is 0.0296. The van der Waals surface area contributed by atoms with E-state index < -0.39 is 0 Å². The summed E-state index contributed by atoms with van der Waals surface area (Å²) in [7, 11) is 1.74. The molecule has 0 fully saturated rings. The molecule has 0 radical (unpaired) electrons. The van der Waals surface area contributed by atoms with Crippen molar-refractivity contribution in [3.05, 3.63) is 29.8 Å². The van der Waals surface area contributed by atoms with E-state index in [-0.39, 0.29) is 13.2 Å². The maximum absolute atomic E-state index is 8.83. The highest BCUT2D eigenvalue weighted by Gasteiger charge is 1.93. The van der Waals surface area contributed by atoms with Crippen LogP contribution in [0.25, 0.3) is 0 Å². The smallest absolute Gasteiger partial charge is 0.0874 e. The summed E-state index contributed by atoms with van der Waals surface area (Å²) in [6.45, 7) is 0.541. The molecule has 0 bridgehead atoms. The molecule has 5 nitrogen and oxygen atoms in total. The zero-order chi connectivity index (χ0) is 11.1. The summed E-state index contributed by atoms with van der Waals surface area (Å²) in [5.41, 5.74) is 1.56. The number of nitrogens with zero attached hydrogens (tertiary/aromatic N) is 3. The first kappa shape index (κ1) is 11.6. The molecule has 0 saturated carbocycles. The number of hydrogen-bond donors (Lipinski definition) is 2. The summed E-state index contributed by atoms with van der Waals surface area (Å²) >= 11 is 0. The summed E-state index contributed by atoms with van der Waals surface area (Å²) < 4.78 is 0. The van der Waals surface area contributed by atoms with E-state index in [0.29, 0.717) is 6.54 Å². The van der Waals surface area contributed by atoms with Gasteiger partial charge in [-0.15, -0.1) is 5.11 Å². The molecule has 0 aliphatic carbocycles. The Morgan fingerprint density at radius 3 is 2.40 bits per heavy atom. The number of benzene rings is 1. The number of aliphatic hydroxyl groups is 2. The Labute approximate surface area is 88.7 Å². The Morgan fingerprint density at radius 2 is 1.87 bits per heavy atom. The number of aliphatic hydroxyl groups excluding tert-OH is 2. The summed E-state index contributed by atoms with van der Waals surface area (Å²) in [5, 5.41) is 26.8. The van der Waals surface area contributed by atoms with Crippen molar-refractivity contribution in [2.24, 2.45) is 10.3 Å². The fraction of sp³-hybridized carbons (Fsp3) is 0.400. The van der Waals surface area contributed by atoms with E-state index in [1.807, 2.05) is 0 Å². The van der Waals surface area contributed by atoms with Crippen LogP contribution in [0, 0.1) is 0 Å². The molecule has 0 saturated heterocycles. The Kier molecular flexibility index (Phi) is 4.73. The normalized spacial score (nSPS) is 10.9. The van der Waals surface area contributed by atoms with Crippen molar-refractivity contribution in [2.75, 3.05) is 20.2 Å². The van der Waals surface area contributed by atoms with Crippen molar-refractivity contribution in [2.45, 2.75) is 6.61 Å². The van der Waals surface area contributed by atoms with Crippen LogP contribution in [0.5, 0.6) is 0 Å². The van der Waals surface area contributed by atoms with Crippen LogP contribution in [-0.4, -0.2) is 35.4 Å². The Bertz CT molecular complexity index is 311. The molecule has 0 unspecified atom stereocenters. The lowest BCUT2D eigenvalue weighted by molar-refractivity contribution is 0.219. The van der Waals surface area contributed by atoms with Crippen molar-refractivity contribution in [1.29, 1.82) is 0 Å². The van der Waals surface area contributed by atoms with Crippen molar-refractivity contribution in [3.63, 3.8) is 0 Å². The molecule has 5 heteroatoms. The Balaban J connectivity index is 2.56. The van der Waals surface area contributed by atoms with E-state index >= 15 is 0 Å². The van der Waals surface area contributed by atoms with Crippen molar-refractivity contribution in [1.82, 2.24) is 5.01 Å². The average Bonchev–Trinajstić information content (AvgIpc) is 2.27. The molecule has 1 aromatic carbocycles. The van der Waals surface area contributed by atoms with Gasteiger partial charge in [-0.1, -0.05) is 17.4 Å². The quantitative estimate of drug-likeness (QED) is 0.563. The molecule has 0 amide bonds. The van der Waals surface area contributed by atoms with E-state index in [0.717, 1.165) is 11.3 Å². The number of hydrogen-bond acceptors (Lipinski definition) is 4. The van der Waals surface area contributed by atoms with Gasteiger partial charge < -0.3 is 10.2 Å². The molecular weight excluding hydrogens is 194 g/mol. The highest BCUT2D eigenvalue weighted by Crippen LogP contribution is 2.13. The van der Waals surface area contributed by atoms with E-state index in [1.54, 1.807) is 36.3 Å². The lowest BCUT2D eigenvalue weighted by Crippen LogP contribution is -2.14. The minimum atomic E-state index is 0.0296. The molecule has 0 aliphatic rings. The fourth-order valence-corrected chi connectivity index (χ4v) is 0.985. The van der Waals surface area contributed by atoms with Gasteiger partial charge in [-0.25, -0.2) is 0 Å². The predicted octanol–water partition coefficient (Wildman–Crippen LogP) is 1.10. The van der Waals surface area contributed by atoms with Crippen LogP contribution >= 0.6 is 0 Å². The highest BCUT2D eigenvalue weighted by atomic mass is 16.3. The van der Waals surface area contributed by atoms with Gasteiger partial charge in [0.05, 0.1) is 25.4 Å². The molecule has 0 atom stereocenters. The first-order valence-corrected chi connectivity index (χ1v) is 4.69. The van der Waals surface area contributed by atoms with Gasteiger partial charge in [0.2, 0.25) is 0 Å². The molecule has 0 aromatic heterocycles. The van der Waals surface area contributed by atoms with Crippen molar-refractivity contribution < 1.29 is 10.2 Å². The van der Waals surface area contributed by atoms with E-state index in [9.17, 15) is 0 Å². The van der Waals surface area contributed by atoms with Gasteiger partial charge >= 0.3 is 0 Å². The van der Waals surface area contributed by atoms with Crippen LogP contribution < -0.4 is 0 Å². The second-order valence-corrected chi connectivity index (χ2v) is 3.12. The molecule has 0 spiro atoms. The third kappa shape index (κ3) is 4.05. The van der Waals surface area contributed by atoms with Gasteiger partial charge in [0, 0.05) is 7.05 Å². The number of likely N-dealkylation sites (N-methyl/N-ethyl adjacent to an activating group) is 1. The highest BCUT2D eigenvalue weighted by molar-refractivity contribution is 5.37. The van der Waals surface area contributed by atoms with Crippen molar-refractivity contribution >= 4 is 5.69 Å². The molecule has 1 rings (SSSR count). The SMILES string of the molecule is CN(CCO)N=Nc1ccc(CO)cc1.